The van der Waals surface area contributed by atoms with Gasteiger partial charge < -0.3 is 9.64 Å². The maximum Gasteiger partial charge on any atom is 0.270 e. The van der Waals surface area contributed by atoms with Gasteiger partial charge in [0.15, 0.2) is 5.78 Å². The van der Waals surface area contributed by atoms with Crippen LogP contribution >= 0.6 is 0 Å². The number of piperidine rings is 1. The second kappa shape index (κ2) is 8.45. The van der Waals surface area contributed by atoms with Gasteiger partial charge in [0, 0.05) is 26.1 Å². The molecule has 1 saturated heterocycles. The van der Waals surface area contributed by atoms with E-state index in [2.05, 4.69) is 12.0 Å². The number of para-hydroxylation sites is 1. The van der Waals surface area contributed by atoms with Crippen molar-refractivity contribution < 1.29 is 14.3 Å². The first kappa shape index (κ1) is 18.6. The summed E-state index contributed by atoms with van der Waals surface area (Å²) in [6.07, 6.45) is 3.36. The van der Waals surface area contributed by atoms with Gasteiger partial charge in [-0.1, -0.05) is 25.1 Å². The van der Waals surface area contributed by atoms with Crippen molar-refractivity contribution in [2.75, 3.05) is 24.7 Å². The Morgan fingerprint density at radius 1 is 1.27 bits per heavy atom. The first-order valence-electron chi connectivity index (χ1n) is 9.43. The van der Waals surface area contributed by atoms with Crippen molar-refractivity contribution in [3.63, 3.8) is 0 Å². The van der Waals surface area contributed by atoms with Gasteiger partial charge in [-0.15, -0.1) is 0 Å². The van der Waals surface area contributed by atoms with Gasteiger partial charge in [0.1, 0.15) is 11.8 Å². The molecule has 0 N–H and O–H groups in total. The lowest BCUT2D eigenvalue weighted by molar-refractivity contribution is -0.128. The lowest BCUT2D eigenvalue weighted by Gasteiger charge is -2.32. The number of rotatable bonds is 6. The van der Waals surface area contributed by atoms with Crippen LogP contribution in [-0.4, -0.2) is 54.1 Å². The minimum Gasteiger partial charge on any atom is -0.376 e. The molecule has 3 rings (SSSR count). The number of hydrazone groups is 1. The average Bonchev–Trinajstić information content (AvgIpc) is 3.12. The molecule has 140 valence electrons. The Balaban J connectivity index is 1.73. The molecule has 2 aliphatic rings. The number of ether oxygens (including phenoxy) is 1. The molecule has 1 aromatic rings. The standard InChI is InChI=1S/C20H27N3O3/c1-3-12-26-17-10-7-11-22(14-17)20(25)18-13-19(15(2)24)23(21-18)16-8-5-4-6-9-16/h4-6,8-9,17,19H,3,7,10-14H2,1-2H3. The Labute approximate surface area is 154 Å². The summed E-state index contributed by atoms with van der Waals surface area (Å²) in [5.41, 5.74) is 1.29. The van der Waals surface area contributed by atoms with Gasteiger partial charge in [-0.2, -0.15) is 5.10 Å². The van der Waals surface area contributed by atoms with Crippen LogP contribution < -0.4 is 5.01 Å². The van der Waals surface area contributed by atoms with Crippen LogP contribution in [0.2, 0.25) is 0 Å². The zero-order valence-corrected chi connectivity index (χ0v) is 15.6. The third-order valence-electron chi connectivity index (χ3n) is 4.87. The molecule has 2 aliphatic heterocycles. The monoisotopic (exact) mass is 357 g/mol. The number of benzene rings is 1. The maximum atomic E-state index is 13.0. The minimum absolute atomic E-state index is 0.0169. The normalized spacial score (nSPS) is 23.1. The van der Waals surface area contributed by atoms with Crippen LogP contribution in [0.25, 0.3) is 0 Å². The van der Waals surface area contributed by atoms with Crippen molar-refractivity contribution in [1.82, 2.24) is 4.90 Å². The smallest absolute Gasteiger partial charge is 0.270 e. The molecule has 6 nitrogen and oxygen atoms in total. The molecule has 2 atom stereocenters. The number of ketones is 1. The second-order valence-electron chi connectivity index (χ2n) is 6.94. The van der Waals surface area contributed by atoms with E-state index in [-0.39, 0.29) is 17.8 Å². The van der Waals surface area contributed by atoms with Crippen LogP contribution in [0, 0.1) is 0 Å². The van der Waals surface area contributed by atoms with Crippen LogP contribution in [0.15, 0.2) is 35.4 Å². The van der Waals surface area contributed by atoms with Gasteiger partial charge >= 0.3 is 0 Å². The van der Waals surface area contributed by atoms with Crippen molar-refractivity contribution >= 4 is 23.1 Å². The van der Waals surface area contributed by atoms with Crippen LogP contribution in [0.1, 0.15) is 39.5 Å². The maximum absolute atomic E-state index is 13.0. The first-order valence-corrected chi connectivity index (χ1v) is 9.43. The molecule has 0 saturated carbocycles. The molecule has 1 fully saturated rings. The SMILES string of the molecule is CCCOC1CCCN(C(=O)C2=NN(c3ccccc3)C(C(C)=O)C2)C1. The molecule has 0 aliphatic carbocycles. The summed E-state index contributed by atoms with van der Waals surface area (Å²) in [5, 5.41) is 6.21. The number of hydrogen-bond donors (Lipinski definition) is 0. The van der Waals surface area contributed by atoms with E-state index in [4.69, 9.17) is 4.74 Å². The fraction of sp³-hybridized carbons (Fsp3) is 0.550. The van der Waals surface area contributed by atoms with Gasteiger partial charge in [-0.05, 0) is 38.3 Å². The van der Waals surface area contributed by atoms with E-state index >= 15 is 0 Å². The summed E-state index contributed by atoms with van der Waals surface area (Å²) in [5.74, 6) is -0.0531. The lowest BCUT2D eigenvalue weighted by Crippen LogP contribution is -2.46. The number of Topliss-reactive ketones (excluding diaryl/α,β-unsaturated/α-hetero) is 1. The number of likely N-dealkylation sites (tertiary alicyclic amines) is 1. The largest absolute Gasteiger partial charge is 0.376 e. The highest BCUT2D eigenvalue weighted by molar-refractivity contribution is 6.40. The van der Waals surface area contributed by atoms with E-state index in [0.29, 0.717) is 18.7 Å². The fourth-order valence-electron chi connectivity index (χ4n) is 3.50. The Kier molecular flexibility index (Phi) is 6.04. The molecule has 0 spiro atoms. The van der Waals surface area contributed by atoms with E-state index in [9.17, 15) is 9.59 Å². The molecule has 26 heavy (non-hydrogen) atoms. The van der Waals surface area contributed by atoms with Crippen molar-refractivity contribution in [2.45, 2.75) is 51.7 Å². The van der Waals surface area contributed by atoms with Crippen LogP contribution in [0.3, 0.4) is 0 Å². The number of hydrogen-bond acceptors (Lipinski definition) is 5. The van der Waals surface area contributed by atoms with Gasteiger partial charge in [-0.3, -0.25) is 14.6 Å². The molecule has 1 amide bonds. The molecular weight excluding hydrogens is 330 g/mol. The van der Waals surface area contributed by atoms with E-state index in [1.54, 1.807) is 11.9 Å². The Hall–Kier alpha value is -2.21. The van der Waals surface area contributed by atoms with Crippen molar-refractivity contribution in [2.24, 2.45) is 5.10 Å². The number of amides is 1. The van der Waals surface area contributed by atoms with E-state index in [1.165, 1.54) is 0 Å². The van der Waals surface area contributed by atoms with E-state index in [1.807, 2.05) is 35.2 Å². The summed E-state index contributed by atoms with van der Waals surface area (Å²) in [7, 11) is 0. The fourth-order valence-corrected chi connectivity index (χ4v) is 3.50. The third-order valence-corrected chi connectivity index (χ3v) is 4.87. The highest BCUT2D eigenvalue weighted by Gasteiger charge is 2.36. The Bertz CT molecular complexity index is 674. The summed E-state index contributed by atoms with van der Waals surface area (Å²) in [6.45, 7) is 5.69. The van der Waals surface area contributed by atoms with E-state index in [0.717, 1.165) is 38.1 Å². The summed E-state index contributed by atoms with van der Waals surface area (Å²) >= 11 is 0. The van der Waals surface area contributed by atoms with Crippen molar-refractivity contribution in [3.05, 3.63) is 30.3 Å². The summed E-state index contributed by atoms with van der Waals surface area (Å²) in [4.78, 5) is 26.9. The van der Waals surface area contributed by atoms with Crippen molar-refractivity contribution in [1.29, 1.82) is 0 Å². The average molecular weight is 357 g/mol. The predicted molar refractivity (Wildman–Crippen MR) is 101 cm³/mol. The molecule has 2 unspecified atom stereocenters. The Morgan fingerprint density at radius 3 is 2.73 bits per heavy atom. The third kappa shape index (κ3) is 4.12. The molecular formula is C20H27N3O3. The quantitative estimate of drug-likeness (QED) is 0.785. The van der Waals surface area contributed by atoms with Gasteiger partial charge in [-0.25, -0.2) is 0 Å². The molecule has 2 heterocycles. The van der Waals surface area contributed by atoms with E-state index < -0.39 is 6.04 Å². The number of anilines is 1. The number of carbonyl (C=O) groups is 2. The Morgan fingerprint density at radius 2 is 2.04 bits per heavy atom. The number of nitrogens with zero attached hydrogens (tertiary/aromatic N) is 3. The molecule has 6 heteroatoms. The highest BCUT2D eigenvalue weighted by Crippen LogP contribution is 2.26. The number of carbonyl (C=O) groups excluding carboxylic acids is 2. The topological polar surface area (TPSA) is 62.2 Å². The van der Waals surface area contributed by atoms with Crippen molar-refractivity contribution in [3.8, 4) is 0 Å². The second-order valence-corrected chi connectivity index (χ2v) is 6.94. The van der Waals surface area contributed by atoms with Gasteiger partial charge in [0.05, 0.1) is 11.8 Å². The van der Waals surface area contributed by atoms with Gasteiger partial charge in [0.2, 0.25) is 0 Å². The first-order chi connectivity index (χ1) is 12.6. The van der Waals surface area contributed by atoms with Gasteiger partial charge in [0.25, 0.3) is 5.91 Å². The zero-order chi connectivity index (χ0) is 18.5. The summed E-state index contributed by atoms with van der Waals surface area (Å²) < 4.78 is 5.83. The summed E-state index contributed by atoms with van der Waals surface area (Å²) in [6, 6.07) is 9.13. The molecule has 0 aromatic heterocycles. The lowest BCUT2D eigenvalue weighted by atomic mass is 10.0. The zero-order valence-electron chi connectivity index (χ0n) is 15.6. The molecule has 1 aromatic carbocycles. The van der Waals surface area contributed by atoms with Crippen LogP contribution in [-0.2, 0) is 14.3 Å². The predicted octanol–water partition coefficient (Wildman–Crippen LogP) is 2.63. The molecule has 0 bridgehead atoms. The highest BCUT2D eigenvalue weighted by atomic mass is 16.5. The van der Waals surface area contributed by atoms with Crippen LogP contribution in [0.4, 0.5) is 5.69 Å². The van der Waals surface area contributed by atoms with Crippen LogP contribution in [0.5, 0.6) is 0 Å². The molecule has 0 radical (unpaired) electrons. The minimum atomic E-state index is -0.409.